The molecule has 0 saturated carbocycles. The van der Waals surface area contributed by atoms with Crippen LogP contribution in [0.4, 0.5) is 4.79 Å². The topological polar surface area (TPSA) is 46.6 Å². The van der Waals surface area contributed by atoms with Gasteiger partial charge in [-0.3, -0.25) is 14.5 Å². The Labute approximate surface area is 158 Å². The molecule has 0 aromatic heterocycles. The van der Waals surface area contributed by atoms with Gasteiger partial charge < -0.3 is 4.74 Å². The number of nitrogens with zero attached hydrogens (tertiary/aromatic N) is 1. The average molecular weight is 378 g/mol. The summed E-state index contributed by atoms with van der Waals surface area (Å²) in [4.78, 5) is 26.7. The first-order chi connectivity index (χ1) is 12.1. The molecule has 25 heavy (non-hydrogen) atoms. The van der Waals surface area contributed by atoms with Crippen LogP contribution < -0.4 is 0 Å². The third-order valence-electron chi connectivity index (χ3n) is 3.70. The van der Waals surface area contributed by atoms with E-state index in [0.29, 0.717) is 24.6 Å². The normalized spacial score (nSPS) is 15.9. The van der Waals surface area contributed by atoms with Gasteiger partial charge in [0.1, 0.15) is 4.99 Å². The van der Waals surface area contributed by atoms with Crippen molar-refractivity contribution < 1.29 is 14.3 Å². The molecule has 0 bridgehead atoms. The smallest absolute Gasteiger partial charge is 0.305 e. The van der Waals surface area contributed by atoms with Gasteiger partial charge in [0.25, 0.3) is 5.24 Å². The van der Waals surface area contributed by atoms with Crippen molar-refractivity contribution in [2.45, 2.75) is 39.0 Å². The Morgan fingerprint density at radius 2 is 2.00 bits per heavy atom. The summed E-state index contributed by atoms with van der Waals surface area (Å²) in [6, 6.07) is 9.85. The maximum absolute atomic E-state index is 12.2. The molecule has 1 amide bonds. The molecule has 1 aromatic carbocycles. The van der Waals surface area contributed by atoms with E-state index >= 15 is 0 Å². The predicted octanol–water partition coefficient (Wildman–Crippen LogP) is 5.04. The summed E-state index contributed by atoms with van der Waals surface area (Å²) in [7, 11) is 0. The molecule has 0 unspecified atom stereocenters. The van der Waals surface area contributed by atoms with Crippen LogP contribution in [0.5, 0.6) is 0 Å². The number of thiocarbonyl (C=S) groups is 1. The van der Waals surface area contributed by atoms with Gasteiger partial charge in [-0.1, -0.05) is 55.9 Å². The number of ether oxygens (including phenoxy) is 1. The molecular weight excluding hydrogens is 354 g/mol. The number of carbonyl (C=O) groups excluding carboxylic acids is 2. The molecule has 1 heterocycles. The summed E-state index contributed by atoms with van der Waals surface area (Å²) in [5.41, 5.74) is 1.03. The molecule has 4 nitrogen and oxygen atoms in total. The van der Waals surface area contributed by atoms with E-state index in [9.17, 15) is 9.59 Å². The van der Waals surface area contributed by atoms with Crippen molar-refractivity contribution in [3.8, 4) is 0 Å². The average Bonchev–Trinajstić information content (AvgIpc) is 2.87. The molecule has 6 heteroatoms. The number of unbranched alkanes of at least 4 members (excludes halogenated alkanes) is 2. The van der Waals surface area contributed by atoms with Crippen molar-refractivity contribution in [1.29, 1.82) is 0 Å². The number of hydrogen-bond donors (Lipinski definition) is 0. The zero-order chi connectivity index (χ0) is 18.1. The van der Waals surface area contributed by atoms with Crippen LogP contribution in [0.1, 0.15) is 44.6 Å². The second kappa shape index (κ2) is 10.4. The highest BCUT2D eigenvalue weighted by atomic mass is 32.2. The fourth-order valence-electron chi connectivity index (χ4n) is 2.40. The molecule has 0 aliphatic carbocycles. The minimum Gasteiger partial charge on any atom is -0.466 e. The van der Waals surface area contributed by atoms with Crippen LogP contribution >= 0.6 is 24.0 Å². The summed E-state index contributed by atoms with van der Waals surface area (Å²) < 4.78 is 5.04. The quantitative estimate of drug-likeness (QED) is 0.261. The summed E-state index contributed by atoms with van der Waals surface area (Å²) in [6.07, 6.45) is 5.71. The molecule has 2 rings (SSSR count). The maximum atomic E-state index is 12.2. The number of benzene rings is 1. The number of hydrogen-bond acceptors (Lipinski definition) is 5. The highest BCUT2D eigenvalue weighted by Gasteiger charge is 2.30. The molecule has 1 saturated heterocycles. The van der Waals surface area contributed by atoms with E-state index in [0.717, 1.165) is 36.2 Å². The van der Waals surface area contributed by atoms with Crippen LogP contribution in [-0.4, -0.2) is 34.2 Å². The zero-order valence-electron chi connectivity index (χ0n) is 14.4. The fourth-order valence-corrected chi connectivity index (χ4v) is 3.69. The minimum absolute atomic E-state index is 0.0189. The summed E-state index contributed by atoms with van der Waals surface area (Å²) in [5, 5.41) is -0.0189. The Kier molecular flexibility index (Phi) is 8.15. The number of carbonyl (C=O) groups is 2. The molecule has 1 fully saturated rings. The summed E-state index contributed by atoms with van der Waals surface area (Å²) >= 11 is 6.63. The van der Waals surface area contributed by atoms with E-state index in [1.807, 2.05) is 43.3 Å². The van der Waals surface area contributed by atoms with Gasteiger partial charge in [0.05, 0.1) is 11.5 Å². The van der Waals surface area contributed by atoms with E-state index in [-0.39, 0.29) is 11.2 Å². The van der Waals surface area contributed by atoms with Crippen LogP contribution in [-0.2, 0) is 9.53 Å². The monoisotopic (exact) mass is 377 g/mol. The number of thioether (sulfide) groups is 1. The lowest BCUT2D eigenvalue weighted by atomic mass is 10.2. The third-order valence-corrected chi connectivity index (χ3v) is 5.20. The van der Waals surface area contributed by atoms with Gasteiger partial charge in [0.2, 0.25) is 0 Å². The summed E-state index contributed by atoms with van der Waals surface area (Å²) in [5.74, 6) is -0.141. The number of amides is 1. The van der Waals surface area contributed by atoms with Crippen LogP contribution in [0.15, 0.2) is 35.2 Å². The van der Waals surface area contributed by atoms with E-state index in [2.05, 4.69) is 0 Å². The Morgan fingerprint density at radius 1 is 1.24 bits per heavy atom. The lowest BCUT2D eigenvalue weighted by Crippen LogP contribution is -2.27. The van der Waals surface area contributed by atoms with Crippen molar-refractivity contribution in [3.05, 3.63) is 40.8 Å². The van der Waals surface area contributed by atoms with Gasteiger partial charge in [-0.25, -0.2) is 0 Å². The maximum Gasteiger partial charge on any atom is 0.305 e. The number of esters is 1. The van der Waals surface area contributed by atoms with Gasteiger partial charge in [-0.05, 0) is 42.7 Å². The van der Waals surface area contributed by atoms with E-state index in [4.69, 9.17) is 17.0 Å². The van der Waals surface area contributed by atoms with Crippen molar-refractivity contribution in [2.75, 3.05) is 13.2 Å². The Balaban J connectivity index is 1.75. The van der Waals surface area contributed by atoms with Gasteiger partial charge >= 0.3 is 5.97 Å². The standard InChI is InChI=1S/C19H23NO3S2/c1-2-13-23-17(21)11-7-4-8-12-20-18(24)16(25-19(20)22)14-15-9-5-3-6-10-15/h3,5-6,9-10,14H,2,4,7-8,11-13H2,1H3/b16-14+. The Morgan fingerprint density at radius 3 is 2.72 bits per heavy atom. The third kappa shape index (κ3) is 6.29. The lowest BCUT2D eigenvalue weighted by Gasteiger charge is -2.14. The van der Waals surface area contributed by atoms with Crippen LogP contribution in [0.3, 0.4) is 0 Å². The molecule has 1 aliphatic heterocycles. The first kappa shape index (κ1) is 19.7. The fraction of sp³-hybridized carbons (Fsp3) is 0.421. The van der Waals surface area contributed by atoms with Crippen molar-refractivity contribution in [2.24, 2.45) is 0 Å². The molecule has 1 aliphatic rings. The zero-order valence-corrected chi connectivity index (χ0v) is 16.0. The van der Waals surface area contributed by atoms with Crippen molar-refractivity contribution in [1.82, 2.24) is 4.90 Å². The largest absolute Gasteiger partial charge is 0.466 e. The summed E-state index contributed by atoms with van der Waals surface area (Å²) in [6.45, 7) is 3.06. The lowest BCUT2D eigenvalue weighted by molar-refractivity contribution is -0.143. The molecule has 1 aromatic rings. The Hall–Kier alpha value is -1.66. The molecular formula is C19H23NO3S2. The second-order valence-electron chi connectivity index (χ2n) is 5.78. The Bertz CT molecular complexity index is 643. The van der Waals surface area contributed by atoms with Gasteiger partial charge in [0, 0.05) is 13.0 Å². The van der Waals surface area contributed by atoms with E-state index in [1.165, 1.54) is 11.8 Å². The SMILES string of the molecule is CCCOC(=O)CCCCCN1C(=O)S/C(=C/c2ccccc2)C1=S. The predicted molar refractivity (Wildman–Crippen MR) is 106 cm³/mol. The van der Waals surface area contributed by atoms with E-state index in [1.54, 1.807) is 4.90 Å². The van der Waals surface area contributed by atoms with Crippen molar-refractivity contribution >= 4 is 46.3 Å². The van der Waals surface area contributed by atoms with Crippen LogP contribution in [0.2, 0.25) is 0 Å². The van der Waals surface area contributed by atoms with E-state index < -0.39 is 0 Å². The molecule has 0 spiro atoms. The van der Waals surface area contributed by atoms with Crippen LogP contribution in [0.25, 0.3) is 6.08 Å². The minimum atomic E-state index is -0.141. The molecule has 134 valence electrons. The first-order valence-corrected chi connectivity index (χ1v) is 9.80. The van der Waals surface area contributed by atoms with Gasteiger partial charge in [0.15, 0.2) is 0 Å². The highest BCUT2D eigenvalue weighted by Crippen LogP contribution is 2.33. The van der Waals surface area contributed by atoms with Crippen molar-refractivity contribution in [3.63, 3.8) is 0 Å². The molecule has 0 radical (unpaired) electrons. The molecule has 0 N–H and O–H groups in total. The highest BCUT2D eigenvalue weighted by molar-refractivity contribution is 8.19. The van der Waals surface area contributed by atoms with Gasteiger partial charge in [-0.2, -0.15) is 0 Å². The second-order valence-corrected chi connectivity index (χ2v) is 7.16. The first-order valence-electron chi connectivity index (χ1n) is 8.58. The number of rotatable bonds is 9. The van der Waals surface area contributed by atoms with Crippen LogP contribution in [0, 0.1) is 0 Å². The molecule has 0 atom stereocenters. The van der Waals surface area contributed by atoms with Gasteiger partial charge in [-0.15, -0.1) is 0 Å².